The van der Waals surface area contributed by atoms with E-state index in [1.54, 1.807) is 0 Å². The van der Waals surface area contributed by atoms with Crippen molar-refractivity contribution in [2.45, 2.75) is 19.8 Å². The van der Waals surface area contributed by atoms with Gasteiger partial charge in [-0.05, 0) is 42.8 Å². The maximum atomic E-state index is 12.8. The Kier molecular flexibility index (Phi) is 6.49. The van der Waals surface area contributed by atoms with Gasteiger partial charge in [-0.25, -0.2) is 4.39 Å². The summed E-state index contributed by atoms with van der Waals surface area (Å²) in [7, 11) is 0. The van der Waals surface area contributed by atoms with E-state index in [1.807, 2.05) is 31.2 Å². The predicted octanol–water partition coefficient (Wildman–Crippen LogP) is 3.72. The fourth-order valence-electron chi connectivity index (χ4n) is 2.09. The van der Waals surface area contributed by atoms with Crippen LogP contribution in [0.4, 0.5) is 4.39 Å². The van der Waals surface area contributed by atoms with Crippen molar-refractivity contribution in [3.05, 3.63) is 65.5 Å². The summed E-state index contributed by atoms with van der Waals surface area (Å²) in [5.74, 6) is -0.332. The summed E-state index contributed by atoms with van der Waals surface area (Å²) in [6.45, 7) is 2.31. The molecule has 0 saturated carbocycles. The molecule has 5 heteroatoms. The van der Waals surface area contributed by atoms with Gasteiger partial charge in [-0.1, -0.05) is 18.2 Å². The second-order valence-corrected chi connectivity index (χ2v) is 5.26. The Hall–Kier alpha value is -2.69. The maximum Gasteiger partial charge on any atom is 0.306 e. The van der Waals surface area contributed by atoms with Gasteiger partial charge in [-0.15, -0.1) is 0 Å². The molecule has 0 aliphatic carbocycles. The highest BCUT2D eigenvalue weighted by atomic mass is 19.1. The number of rotatable bonds is 8. The zero-order valence-electron chi connectivity index (χ0n) is 13.5. The van der Waals surface area contributed by atoms with Gasteiger partial charge in [0, 0.05) is 12.0 Å². The van der Waals surface area contributed by atoms with Gasteiger partial charge >= 0.3 is 5.97 Å². The summed E-state index contributed by atoms with van der Waals surface area (Å²) in [6.07, 6.45) is 0.0176. The van der Waals surface area contributed by atoms with Crippen molar-refractivity contribution in [1.29, 1.82) is 0 Å². The molecule has 0 bridgehead atoms. The topological polar surface area (TPSA) is 52.6 Å². The van der Waals surface area contributed by atoms with Crippen molar-refractivity contribution < 1.29 is 23.5 Å². The second kappa shape index (κ2) is 8.82. The Bertz CT molecular complexity index is 695. The van der Waals surface area contributed by atoms with Gasteiger partial charge < -0.3 is 9.47 Å². The lowest BCUT2D eigenvalue weighted by Gasteiger charge is -2.09. The Morgan fingerprint density at radius 1 is 0.958 bits per heavy atom. The Morgan fingerprint density at radius 3 is 2.38 bits per heavy atom. The average molecular weight is 330 g/mol. The van der Waals surface area contributed by atoms with Crippen molar-refractivity contribution in [2.75, 3.05) is 13.2 Å². The first-order valence-electron chi connectivity index (χ1n) is 7.69. The molecule has 0 amide bonds. The predicted molar refractivity (Wildman–Crippen MR) is 87.6 cm³/mol. The summed E-state index contributed by atoms with van der Waals surface area (Å²) < 4.78 is 23.3. The van der Waals surface area contributed by atoms with E-state index in [1.165, 1.54) is 24.3 Å². The van der Waals surface area contributed by atoms with Crippen molar-refractivity contribution in [3.63, 3.8) is 0 Å². The largest absolute Gasteiger partial charge is 0.490 e. The zero-order valence-corrected chi connectivity index (χ0v) is 13.5. The lowest BCUT2D eigenvalue weighted by atomic mass is 10.1. The summed E-state index contributed by atoms with van der Waals surface area (Å²) in [5, 5.41) is 0. The minimum Gasteiger partial charge on any atom is -0.490 e. The number of Topliss-reactive ketones (excluding diaryl/α,β-unsaturated/α-hetero) is 1. The molecule has 0 unspecified atom stereocenters. The highest BCUT2D eigenvalue weighted by molar-refractivity contribution is 5.97. The number of halogens is 1. The summed E-state index contributed by atoms with van der Waals surface area (Å²) in [5.41, 5.74) is 1.39. The summed E-state index contributed by atoms with van der Waals surface area (Å²) in [6, 6.07) is 12.8. The van der Waals surface area contributed by atoms with Crippen LogP contribution >= 0.6 is 0 Å². The van der Waals surface area contributed by atoms with Crippen LogP contribution in [0.2, 0.25) is 0 Å². The van der Waals surface area contributed by atoms with Crippen molar-refractivity contribution >= 4 is 11.8 Å². The van der Waals surface area contributed by atoms with Gasteiger partial charge in [0.15, 0.2) is 5.78 Å². The molecule has 0 atom stereocenters. The number of aryl methyl sites for hydroxylation is 1. The van der Waals surface area contributed by atoms with Crippen LogP contribution in [0.5, 0.6) is 5.75 Å². The zero-order chi connectivity index (χ0) is 17.4. The van der Waals surface area contributed by atoms with Gasteiger partial charge in [-0.3, -0.25) is 9.59 Å². The fourth-order valence-corrected chi connectivity index (χ4v) is 2.09. The lowest BCUT2D eigenvalue weighted by molar-refractivity contribution is -0.144. The minimum atomic E-state index is -0.459. The van der Waals surface area contributed by atoms with E-state index in [0.717, 1.165) is 11.3 Å². The molecule has 0 N–H and O–H groups in total. The molecule has 2 aromatic carbocycles. The molecule has 126 valence electrons. The maximum absolute atomic E-state index is 12.8. The minimum absolute atomic E-state index is 0.0133. The molecular weight excluding hydrogens is 311 g/mol. The van der Waals surface area contributed by atoms with Crippen LogP contribution in [0.15, 0.2) is 48.5 Å². The molecule has 0 fully saturated rings. The lowest BCUT2D eigenvalue weighted by Crippen LogP contribution is -2.13. The SMILES string of the molecule is Cc1ccccc1OCCOC(=O)CCC(=O)c1ccc(F)cc1. The van der Waals surface area contributed by atoms with E-state index in [-0.39, 0.29) is 31.8 Å². The Labute approximate surface area is 140 Å². The Morgan fingerprint density at radius 2 is 1.67 bits per heavy atom. The first-order chi connectivity index (χ1) is 11.6. The van der Waals surface area contributed by atoms with Crippen LogP contribution in [-0.2, 0) is 9.53 Å². The van der Waals surface area contributed by atoms with Crippen LogP contribution in [0.3, 0.4) is 0 Å². The van der Waals surface area contributed by atoms with Gasteiger partial charge in [0.1, 0.15) is 24.8 Å². The molecule has 2 rings (SSSR count). The molecule has 0 aromatic heterocycles. The summed E-state index contributed by atoms with van der Waals surface area (Å²) >= 11 is 0. The number of carbonyl (C=O) groups is 2. The van der Waals surface area contributed by atoms with Gasteiger partial charge in [0.2, 0.25) is 0 Å². The number of hydrogen-bond acceptors (Lipinski definition) is 4. The van der Waals surface area contributed by atoms with Crippen LogP contribution in [0, 0.1) is 12.7 Å². The van der Waals surface area contributed by atoms with Crippen molar-refractivity contribution in [3.8, 4) is 5.75 Å². The number of ketones is 1. The van der Waals surface area contributed by atoms with Crippen molar-refractivity contribution in [1.82, 2.24) is 0 Å². The molecule has 0 spiro atoms. The van der Waals surface area contributed by atoms with E-state index < -0.39 is 11.8 Å². The fraction of sp³-hybridized carbons (Fsp3) is 0.263. The van der Waals surface area contributed by atoms with E-state index in [4.69, 9.17) is 9.47 Å². The van der Waals surface area contributed by atoms with E-state index in [0.29, 0.717) is 5.56 Å². The third-order valence-electron chi connectivity index (χ3n) is 3.42. The molecule has 0 saturated heterocycles. The van der Waals surface area contributed by atoms with Crippen LogP contribution in [0.25, 0.3) is 0 Å². The first-order valence-corrected chi connectivity index (χ1v) is 7.69. The molecule has 4 nitrogen and oxygen atoms in total. The van der Waals surface area contributed by atoms with Crippen LogP contribution < -0.4 is 4.74 Å². The van der Waals surface area contributed by atoms with Gasteiger partial charge in [0.25, 0.3) is 0 Å². The number of benzene rings is 2. The number of esters is 1. The molecule has 24 heavy (non-hydrogen) atoms. The molecular formula is C19H19FO4. The van der Waals surface area contributed by atoms with Gasteiger partial charge in [0.05, 0.1) is 6.42 Å². The molecule has 0 radical (unpaired) electrons. The highest BCUT2D eigenvalue weighted by Gasteiger charge is 2.10. The molecule has 0 heterocycles. The highest BCUT2D eigenvalue weighted by Crippen LogP contribution is 2.15. The normalized spacial score (nSPS) is 10.2. The van der Waals surface area contributed by atoms with Crippen LogP contribution in [-0.4, -0.2) is 25.0 Å². The number of ether oxygens (including phenoxy) is 2. The smallest absolute Gasteiger partial charge is 0.306 e. The second-order valence-electron chi connectivity index (χ2n) is 5.26. The third-order valence-corrected chi connectivity index (χ3v) is 3.42. The monoisotopic (exact) mass is 330 g/mol. The van der Waals surface area contributed by atoms with Crippen LogP contribution in [0.1, 0.15) is 28.8 Å². The number of carbonyl (C=O) groups excluding carboxylic acids is 2. The van der Waals surface area contributed by atoms with Gasteiger partial charge in [-0.2, -0.15) is 0 Å². The summed E-state index contributed by atoms with van der Waals surface area (Å²) in [4.78, 5) is 23.5. The van der Waals surface area contributed by atoms with E-state index in [2.05, 4.69) is 0 Å². The molecule has 0 aliphatic rings. The van der Waals surface area contributed by atoms with E-state index >= 15 is 0 Å². The van der Waals surface area contributed by atoms with Crippen molar-refractivity contribution in [2.24, 2.45) is 0 Å². The third kappa shape index (κ3) is 5.50. The Balaban J connectivity index is 1.65. The number of hydrogen-bond donors (Lipinski definition) is 0. The first kappa shape index (κ1) is 17.7. The standard InChI is InChI=1S/C19H19FO4/c1-14-4-2-3-5-18(14)23-12-13-24-19(22)11-10-17(21)15-6-8-16(20)9-7-15/h2-9H,10-13H2,1H3. The molecule has 0 aliphatic heterocycles. The average Bonchev–Trinajstić information content (AvgIpc) is 2.58. The number of para-hydroxylation sites is 1. The molecule has 2 aromatic rings. The van der Waals surface area contributed by atoms with E-state index in [9.17, 15) is 14.0 Å². The quantitative estimate of drug-likeness (QED) is 0.420.